The lowest BCUT2D eigenvalue weighted by molar-refractivity contribution is 1.14. The Morgan fingerprint density at radius 1 is 1.36 bits per heavy atom. The fraction of sp³-hybridized carbons (Fsp3) is 0. The molecule has 11 heavy (non-hydrogen) atoms. The van der Waals surface area contributed by atoms with Crippen LogP contribution in [0, 0.1) is 17.7 Å². The average Bonchev–Trinajstić information content (AvgIpc) is 2.47. The maximum atomic E-state index is 8.61. The molecule has 2 rings (SSSR count). The molecule has 2 aromatic rings. The first-order chi connectivity index (χ1) is 5.42. The normalized spacial score (nSPS) is 9.73. The van der Waals surface area contributed by atoms with E-state index >= 15 is 0 Å². The van der Waals surface area contributed by atoms with Crippen molar-refractivity contribution in [3.63, 3.8) is 0 Å². The summed E-state index contributed by atoms with van der Waals surface area (Å²) in [4.78, 5) is 0. The Morgan fingerprint density at radius 2 is 2.18 bits per heavy atom. The van der Waals surface area contributed by atoms with Crippen LogP contribution in [-0.2, 0) is 0 Å². The topological polar surface area (TPSA) is 28.7 Å². The van der Waals surface area contributed by atoms with E-state index in [-0.39, 0.29) is 0 Å². The molecule has 0 spiro atoms. The Balaban J connectivity index is 2.89. The maximum absolute atomic E-state index is 8.61. The van der Waals surface area contributed by atoms with E-state index in [1.807, 2.05) is 30.5 Å². The van der Waals surface area contributed by atoms with Crippen molar-refractivity contribution in [2.24, 2.45) is 0 Å². The molecule has 1 radical (unpaired) electrons. The van der Waals surface area contributed by atoms with Crippen LogP contribution >= 0.6 is 0 Å². The number of rotatable bonds is 0. The lowest BCUT2D eigenvalue weighted by atomic mass is 10.2. The van der Waals surface area contributed by atoms with Gasteiger partial charge in [-0.1, -0.05) is 18.2 Å². The van der Waals surface area contributed by atoms with Crippen molar-refractivity contribution in [2.75, 3.05) is 0 Å². The average molecular weight is 141 g/mol. The van der Waals surface area contributed by atoms with Crippen LogP contribution in [0.5, 0.6) is 0 Å². The fourth-order valence-corrected chi connectivity index (χ4v) is 1.10. The molecule has 0 aliphatic heterocycles. The summed E-state index contributed by atoms with van der Waals surface area (Å²) in [5, 5.41) is 9.66. The third-order valence-electron chi connectivity index (χ3n) is 1.63. The van der Waals surface area contributed by atoms with Crippen molar-refractivity contribution in [1.29, 1.82) is 5.26 Å². The van der Waals surface area contributed by atoms with E-state index in [9.17, 15) is 0 Å². The predicted octanol–water partition coefficient (Wildman–Crippen LogP) is 1.77. The van der Waals surface area contributed by atoms with Crippen LogP contribution in [0.3, 0.4) is 0 Å². The minimum absolute atomic E-state index is 0.912. The molecule has 0 aliphatic carbocycles. The molecule has 0 N–H and O–H groups in total. The predicted molar refractivity (Wildman–Crippen MR) is 41.8 cm³/mol. The Kier molecular flexibility index (Phi) is 1.16. The summed E-state index contributed by atoms with van der Waals surface area (Å²) in [6.07, 6.45) is 4.83. The van der Waals surface area contributed by atoms with Gasteiger partial charge in [-0.05, 0) is 12.1 Å². The van der Waals surface area contributed by atoms with Crippen molar-refractivity contribution in [3.05, 3.63) is 36.5 Å². The zero-order valence-corrected chi connectivity index (χ0v) is 5.78. The fourth-order valence-electron chi connectivity index (χ4n) is 1.10. The smallest absolute Gasteiger partial charge is 0.189 e. The first-order valence-corrected chi connectivity index (χ1v) is 3.30. The minimum atomic E-state index is 0.912. The monoisotopic (exact) mass is 141 g/mol. The van der Waals surface area contributed by atoms with Crippen molar-refractivity contribution in [1.82, 2.24) is 4.57 Å². The first-order valence-electron chi connectivity index (χ1n) is 3.30. The summed E-state index contributed by atoms with van der Waals surface area (Å²) >= 11 is 0. The van der Waals surface area contributed by atoms with Crippen LogP contribution in [-0.4, -0.2) is 4.57 Å². The molecule has 1 aromatic carbocycles. The molecular formula is C9H5N2. The van der Waals surface area contributed by atoms with Gasteiger partial charge >= 0.3 is 0 Å². The van der Waals surface area contributed by atoms with Gasteiger partial charge in [0.2, 0.25) is 0 Å². The molecule has 0 unspecified atom stereocenters. The highest BCUT2D eigenvalue weighted by atomic mass is 14.9. The largest absolute Gasteiger partial charge is 0.245 e. The van der Waals surface area contributed by atoms with E-state index in [4.69, 9.17) is 5.26 Å². The molecule has 0 atom stereocenters. The van der Waals surface area contributed by atoms with Crippen LogP contribution in [0.25, 0.3) is 10.9 Å². The molecule has 2 nitrogen and oxygen atoms in total. The molecule has 51 valence electrons. The Morgan fingerprint density at radius 3 is 3.00 bits per heavy atom. The molecule has 0 saturated heterocycles. The minimum Gasteiger partial charge on any atom is -0.245 e. The highest BCUT2D eigenvalue weighted by Crippen LogP contribution is 2.12. The van der Waals surface area contributed by atoms with Crippen molar-refractivity contribution in [3.8, 4) is 6.19 Å². The Bertz CT molecular complexity index is 420. The van der Waals surface area contributed by atoms with E-state index < -0.39 is 0 Å². The van der Waals surface area contributed by atoms with Crippen LogP contribution in [0.4, 0.5) is 0 Å². The van der Waals surface area contributed by atoms with Crippen LogP contribution in [0.2, 0.25) is 0 Å². The van der Waals surface area contributed by atoms with Crippen LogP contribution in [0.15, 0.2) is 30.3 Å². The van der Waals surface area contributed by atoms with Gasteiger partial charge in [-0.2, -0.15) is 5.26 Å². The Hall–Kier alpha value is -1.75. The summed E-state index contributed by atoms with van der Waals surface area (Å²) in [5.41, 5.74) is 0.912. The van der Waals surface area contributed by atoms with E-state index in [0.717, 1.165) is 10.9 Å². The lowest BCUT2D eigenvalue weighted by Gasteiger charge is -1.89. The summed E-state index contributed by atoms with van der Waals surface area (Å²) < 4.78 is 1.43. The maximum Gasteiger partial charge on any atom is 0.189 e. The van der Waals surface area contributed by atoms with Gasteiger partial charge in [-0.3, -0.25) is 0 Å². The van der Waals surface area contributed by atoms with Crippen molar-refractivity contribution in [2.45, 2.75) is 0 Å². The number of para-hydroxylation sites is 1. The summed E-state index contributed by atoms with van der Waals surface area (Å²) in [6, 6.07) is 9.51. The highest BCUT2D eigenvalue weighted by Gasteiger charge is 1.96. The van der Waals surface area contributed by atoms with Gasteiger partial charge in [0.25, 0.3) is 0 Å². The second kappa shape index (κ2) is 2.14. The van der Waals surface area contributed by atoms with Gasteiger partial charge in [-0.25, -0.2) is 4.57 Å². The molecular weight excluding hydrogens is 136 g/mol. The van der Waals surface area contributed by atoms with Crippen LogP contribution in [0.1, 0.15) is 0 Å². The highest BCUT2D eigenvalue weighted by molar-refractivity contribution is 5.80. The SMILES string of the molecule is N#Cn1[c]cc2ccccc21. The zero-order valence-electron chi connectivity index (χ0n) is 5.78. The van der Waals surface area contributed by atoms with E-state index in [1.54, 1.807) is 6.07 Å². The second-order valence-corrected chi connectivity index (χ2v) is 2.27. The quantitative estimate of drug-likeness (QED) is 0.549. The summed E-state index contributed by atoms with van der Waals surface area (Å²) in [7, 11) is 0. The van der Waals surface area contributed by atoms with Gasteiger partial charge in [0.15, 0.2) is 6.19 Å². The molecule has 1 heterocycles. The third kappa shape index (κ3) is 0.786. The standard InChI is InChI=1S/C9H5N2/c10-7-11-6-5-8-3-1-2-4-9(8)11/h1-5H. The van der Waals surface area contributed by atoms with E-state index in [0.29, 0.717) is 0 Å². The number of nitriles is 1. The number of aromatic nitrogens is 1. The van der Waals surface area contributed by atoms with Gasteiger partial charge < -0.3 is 0 Å². The van der Waals surface area contributed by atoms with Crippen molar-refractivity contribution < 1.29 is 0 Å². The number of fused-ring (bicyclic) bond motifs is 1. The molecule has 0 aliphatic rings. The van der Waals surface area contributed by atoms with Gasteiger partial charge in [0.05, 0.1) is 11.7 Å². The number of hydrogen-bond acceptors (Lipinski definition) is 1. The lowest BCUT2D eigenvalue weighted by Crippen LogP contribution is -1.82. The molecule has 1 aromatic heterocycles. The molecule has 0 fully saturated rings. The van der Waals surface area contributed by atoms with Crippen molar-refractivity contribution >= 4 is 10.9 Å². The van der Waals surface area contributed by atoms with Gasteiger partial charge in [0, 0.05) is 5.39 Å². The number of nitrogens with zero attached hydrogens (tertiary/aromatic N) is 2. The molecule has 0 bridgehead atoms. The van der Waals surface area contributed by atoms with E-state index in [2.05, 4.69) is 6.20 Å². The molecule has 0 amide bonds. The van der Waals surface area contributed by atoms with Gasteiger partial charge in [0.1, 0.15) is 0 Å². The summed E-state index contributed by atoms with van der Waals surface area (Å²) in [5.74, 6) is 0. The molecule has 0 saturated carbocycles. The number of benzene rings is 1. The van der Waals surface area contributed by atoms with Gasteiger partial charge in [-0.15, -0.1) is 0 Å². The van der Waals surface area contributed by atoms with E-state index in [1.165, 1.54) is 4.57 Å². The Labute approximate surface area is 64.3 Å². The summed E-state index contributed by atoms with van der Waals surface area (Å²) in [6.45, 7) is 0. The molecule has 2 heteroatoms. The first kappa shape index (κ1) is 5.99. The third-order valence-corrected chi connectivity index (χ3v) is 1.63. The zero-order chi connectivity index (χ0) is 7.68. The second-order valence-electron chi connectivity index (χ2n) is 2.27. The van der Waals surface area contributed by atoms with Crippen LogP contribution < -0.4 is 0 Å². The number of hydrogen-bond donors (Lipinski definition) is 0.